The maximum Gasteiger partial charge on any atom is -0.0533 e. The molecule has 0 heteroatoms. The Labute approximate surface area is 156 Å². The summed E-state index contributed by atoms with van der Waals surface area (Å²) in [5.74, 6) is 0. The van der Waals surface area contributed by atoms with Crippen molar-refractivity contribution in [3.05, 3.63) is 0 Å². The summed E-state index contributed by atoms with van der Waals surface area (Å²) >= 11 is 0. The number of rotatable bonds is 18. The second-order valence-corrected chi connectivity index (χ2v) is 7.66. The van der Waals surface area contributed by atoms with Crippen molar-refractivity contribution in [3.8, 4) is 0 Å². The Morgan fingerprint density at radius 2 is 0.333 bits per heavy atom. The molecule has 0 rings (SSSR count). The van der Waals surface area contributed by atoms with Crippen molar-refractivity contribution in [3.63, 3.8) is 0 Å². The Balaban J connectivity index is 0. The zero-order valence-electron chi connectivity index (χ0n) is 18.1. The van der Waals surface area contributed by atoms with Gasteiger partial charge in [0, 0.05) is 0 Å². The number of hydrogen-bond donors (Lipinski definition) is 0. The van der Waals surface area contributed by atoms with Crippen molar-refractivity contribution in [1.82, 2.24) is 0 Å². The lowest BCUT2D eigenvalue weighted by molar-refractivity contribution is 0.562. The molecule has 0 aromatic heterocycles. The summed E-state index contributed by atoms with van der Waals surface area (Å²) in [6, 6.07) is 0. The van der Waals surface area contributed by atoms with Gasteiger partial charge < -0.3 is 0 Å². The van der Waals surface area contributed by atoms with Crippen molar-refractivity contribution >= 4 is 0 Å². The van der Waals surface area contributed by atoms with E-state index in [1.165, 1.54) is 128 Å². The average Bonchev–Trinajstić information content (AvgIpc) is 2.60. The first-order valence-electron chi connectivity index (χ1n) is 11.8. The summed E-state index contributed by atoms with van der Waals surface area (Å²) in [7, 11) is 0. The molecular formula is C24H52. The molecular weight excluding hydrogens is 288 g/mol. The maximum atomic E-state index is 2.28. The van der Waals surface area contributed by atoms with Crippen LogP contribution in [0.2, 0.25) is 0 Å². The highest BCUT2D eigenvalue weighted by Gasteiger charge is 1.91. The van der Waals surface area contributed by atoms with Gasteiger partial charge in [0.05, 0.1) is 0 Å². The summed E-state index contributed by atoms with van der Waals surface area (Å²) in [5, 5.41) is 0. The van der Waals surface area contributed by atoms with E-state index in [1.54, 1.807) is 0 Å². The van der Waals surface area contributed by atoms with Gasteiger partial charge in [-0.2, -0.15) is 0 Å². The van der Waals surface area contributed by atoms with Crippen LogP contribution in [0.15, 0.2) is 0 Å². The highest BCUT2D eigenvalue weighted by Crippen LogP contribution is 2.10. The third-order valence-electron chi connectivity index (χ3n) is 4.91. The molecule has 148 valence electrons. The molecule has 0 nitrogen and oxygen atoms in total. The van der Waals surface area contributed by atoms with Crippen molar-refractivity contribution in [2.45, 2.75) is 156 Å². The van der Waals surface area contributed by atoms with Crippen LogP contribution in [0.25, 0.3) is 0 Å². The predicted octanol–water partition coefficient (Wildman–Crippen LogP) is 9.85. The monoisotopic (exact) mass is 340 g/mol. The molecule has 0 bridgehead atoms. The van der Waals surface area contributed by atoms with Crippen LogP contribution in [-0.2, 0) is 0 Å². The fourth-order valence-corrected chi connectivity index (χ4v) is 3.12. The first-order valence-corrected chi connectivity index (χ1v) is 11.8. The predicted molar refractivity (Wildman–Crippen MR) is 115 cm³/mol. The van der Waals surface area contributed by atoms with Gasteiger partial charge in [0.2, 0.25) is 0 Å². The second-order valence-electron chi connectivity index (χ2n) is 7.66. The second kappa shape index (κ2) is 27.8. The van der Waals surface area contributed by atoms with Gasteiger partial charge in [0.15, 0.2) is 0 Å². The van der Waals surface area contributed by atoms with Crippen LogP contribution in [0.3, 0.4) is 0 Å². The smallest absolute Gasteiger partial charge is 0.0533 e. The Morgan fingerprint density at radius 1 is 0.208 bits per heavy atom. The molecule has 0 aliphatic carbocycles. The topological polar surface area (TPSA) is 0 Å². The van der Waals surface area contributed by atoms with Crippen molar-refractivity contribution in [1.29, 1.82) is 0 Å². The quantitative estimate of drug-likeness (QED) is 0.218. The van der Waals surface area contributed by atoms with Crippen LogP contribution in [0, 0.1) is 0 Å². The van der Waals surface area contributed by atoms with E-state index in [0.29, 0.717) is 0 Å². The van der Waals surface area contributed by atoms with Gasteiger partial charge in [-0.05, 0) is 0 Å². The highest BCUT2D eigenvalue weighted by molar-refractivity contribution is 4.46. The molecule has 0 aromatic rings. The van der Waals surface area contributed by atoms with Crippen LogP contribution in [0.5, 0.6) is 0 Å². The van der Waals surface area contributed by atoms with E-state index >= 15 is 0 Å². The van der Waals surface area contributed by atoms with Crippen molar-refractivity contribution < 1.29 is 0 Å². The summed E-state index contributed by atoms with van der Waals surface area (Å²) in [6.45, 7) is 9.12. The van der Waals surface area contributed by atoms with Gasteiger partial charge in [-0.3, -0.25) is 0 Å². The first kappa shape index (κ1) is 26.2. The SMILES string of the molecule is CCCCCCCCCCCC.CCCCCCCCCCCC. The van der Waals surface area contributed by atoms with Gasteiger partial charge in [0.1, 0.15) is 0 Å². The molecule has 0 saturated carbocycles. The molecule has 0 unspecified atom stereocenters. The van der Waals surface area contributed by atoms with Crippen LogP contribution < -0.4 is 0 Å². The first-order chi connectivity index (χ1) is 11.8. The minimum Gasteiger partial charge on any atom is -0.0654 e. The summed E-state index contributed by atoms with van der Waals surface area (Å²) in [5.41, 5.74) is 0. The van der Waals surface area contributed by atoms with E-state index in [1.807, 2.05) is 0 Å². The fraction of sp³-hybridized carbons (Fsp3) is 1.00. The average molecular weight is 341 g/mol. The maximum absolute atomic E-state index is 2.28. The van der Waals surface area contributed by atoms with Crippen molar-refractivity contribution in [2.75, 3.05) is 0 Å². The zero-order valence-corrected chi connectivity index (χ0v) is 18.1. The van der Waals surface area contributed by atoms with Crippen molar-refractivity contribution in [2.24, 2.45) is 0 Å². The molecule has 0 aromatic carbocycles. The molecule has 0 radical (unpaired) electrons. The number of unbranched alkanes of at least 4 members (excludes halogenated alkanes) is 18. The van der Waals surface area contributed by atoms with Gasteiger partial charge in [-0.15, -0.1) is 0 Å². The lowest BCUT2D eigenvalue weighted by atomic mass is 10.1. The normalized spacial score (nSPS) is 10.5. The molecule has 0 amide bonds. The minimum absolute atomic E-state index is 1.37. The lowest BCUT2D eigenvalue weighted by Gasteiger charge is -1.99. The Kier molecular flexibility index (Phi) is 30.4. The van der Waals surface area contributed by atoms with Crippen LogP contribution in [-0.4, -0.2) is 0 Å². The van der Waals surface area contributed by atoms with Gasteiger partial charge in [-0.25, -0.2) is 0 Å². The Hall–Kier alpha value is 0. The Bertz CT molecular complexity index is 133. The summed E-state index contributed by atoms with van der Waals surface area (Å²) in [4.78, 5) is 0. The van der Waals surface area contributed by atoms with Crippen LogP contribution in [0.4, 0.5) is 0 Å². The van der Waals surface area contributed by atoms with Gasteiger partial charge >= 0.3 is 0 Å². The molecule has 24 heavy (non-hydrogen) atoms. The fourth-order valence-electron chi connectivity index (χ4n) is 3.12. The van der Waals surface area contributed by atoms with E-state index in [-0.39, 0.29) is 0 Å². The van der Waals surface area contributed by atoms with E-state index in [0.717, 1.165) is 0 Å². The lowest BCUT2D eigenvalue weighted by Crippen LogP contribution is -1.80. The molecule has 0 fully saturated rings. The molecule has 0 atom stereocenters. The molecule has 0 spiro atoms. The highest BCUT2D eigenvalue weighted by atomic mass is 14.0. The standard InChI is InChI=1S/2C12H26/c2*1-3-5-7-9-11-12-10-8-6-4-2/h2*3-12H2,1-2H3. The van der Waals surface area contributed by atoms with E-state index in [9.17, 15) is 0 Å². The van der Waals surface area contributed by atoms with Gasteiger partial charge in [0.25, 0.3) is 0 Å². The summed E-state index contributed by atoms with van der Waals surface area (Å²) in [6.07, 6.45) is 28.9. The van der Waals surface area contributed by atoms with Crippen LogP contribution >= 0.6 is 0 Å². The van der Waals surface area contributed by atoms with Crippen LogP contribution in [0.1, 0.15) is 156 Å². The van der Waals surface area contributed by atoms with E-state index in [2.05, 4.69) is 27.7 Å². The third-order valence-corrected chi connectivity index (χ3v) is 4.91. The third kappa shape index (κ3) is 29.9. The van der Waals surface area contributed by atoms with E-state index < -0.39 is 0 Å². The molecule has 0 saturated heterocycles. The van der Waals surface area contributed by atoms with Gasteiger partial charge in [-0.1, -0.05) is 156 Å². The number of hydrogen-bond acceptors (Lipinski definition) is 0. The Morgan fingerprint density at radius 3 is 0.458 bits per heavy atom. The minimum atomic E-state index is 1.37. The molecule has 0 aliphatic rings. The molecule has 0 aliphatic heterocycles. The molecule has 0 N–H and O–H groups in total. The zero-order chi connectivity index (χ0) is 18.1. The molecule has 0 heterocycles. The van der Waals surface area contributed by atoms with E-state index in [4.69, 9.17) is 0 Å². The summed E-state index contributed by atoms with van der Waals surface area (Å²) < 4.78 is 0. The largest absolute Gasteiger partial charge is 0.0654 e.